The average Bonchev–Trinajstić information content (AvgIpc) is 3.62. The number of ether oxygens (including phenoxy) is 2. The minimum atomic E-state index is -1.29. The Balaban J connectivity index is 1.29. The fourth-order valence-electron chi connectivity index (χ4n) is 6.24. The van der Waals surface area contributed by atoms with Gasteiger partial charge in [-0.15, -0.1) is 0 Å². The highest BCUT2D eigenvalue weighted by molar-refractivity contribution is 6.15. The Morgan fingerprint density at radius 1 is 0.861 bits per heavy atom. The lowest BCUT2D eigenvalue weighted by Gasteiger charge is -2.29. The van der Waals surface area contributed by atoms with Gasteiger partial charge in [-0.3, -0.25) is 24.6 Å². The van der Waals surface area contributed by atoms with Crippen molar-refractivity contribution in [1.82, 2.24) is 10.2 Å². The van der Waals surface area contributed by atoms with E-state index in [4.69, 9.17) is 9.47 Å². The molecule has 3 aromatic rings. The largest absolute Gasteiger partial charge is 0.454 e. The zero-order valence-electron chi connectivity index (χ0n) is 19.3. The van der Waals surface area contributed by atoms with Crippen molar-refractivity contribution in [2.75, 3.05) is 12.1 Å². The molecule has 4 heterocycles. The van der Waals surface area contributed by atoms with Crippen LogP contribution in [-0.4, -0.2) is 35.5 Å². The second-order valence-corrected chi connectivity index (χ2v) is 9.70. The van der Waals surface area contributed by atoms with Gasteiger partial charge in [0.25, 0.3) is 0 Å². The third-order valence-corrected chi connectivity index (χ3v) is 7.79. The maximum Gasteiger partial charge on any atom is 0.250 e. The maximum absolute atomic E-state index is 14.0. The van der Waals surface area contributed by atoms with E-state index >= 15 is 0 Å². The van der Waals surface area contributed by atoms with E-state index in [0.29, 0.717) is 29.2 Å². The molecule has 4 aliphatic rings. The summed E-state index contributed by atoms with van der Waals surface area (Å²) in [6.45, 7) is 0.257. The smallest absolute Gasteiger partial charge is 0.250 e. The van der Waals surface area contributed by atoms with Crippen LogP contribution in [0, 0.1) is 11.8 Å². The lowest BCUT2D eigenvalue weighted by atomic mass is 9.76. The number of carbonyl (C=O) groups excluding carboxylic acids is 3. The van der Waals surface area contributed by atoms with E-state index in [0.717, 1.165) is 11.1 Å². The van der Waals surface area contributed by atoms with Gasteiger partial charge in [-0.1, -0.05) is 54.6 Å². The molecule has 8 nitrogen and oxygen atoms in total. The molecule has 2 fully saturated rings. The van der Waals surface area contributed by atoms with Gasteiger partial charge in [-0.25, -0.2) is 0 Å². The van der Waals surface area contributed by atoms with Crippen LogP contribution in [0.5, 0.6) is 11.5 Å². The molecule has 4 atom stereocenters. The van der Waals surface area contributed by atoms with Crippen LogP contribution in [0.4, 0.5) is 5.69 Å². The van der Waals surface area contributed by atoms with Crippen LogP contribution in [0.15, 0.2) is 72.8 Å². The first-order valence-electron chi connectivity index (χ1n) is 12.0. The quantitative estimate of drug-likeness (QED) is 0.556. The Morgan fingerprint density at radius 3 is 2.50 bits per heavy atom. The first-order chi connectivity index (χ1) is 17.6. The second kappa shape index (κ2) is 7.66. The number of nitrogens with zero attached hydrogens (tertiary/aromatic N) is 1. The number of imide groups is 1. The molecule has 4 aliphatic heterocycles. The summed E-state index contributed by atoms with van der Waals surface area (Å²) in [4.78, 5) is 42.7. The molecular weight excluding hydrogens is 458 g/mol. The highest BCUT2D eigenvalue weighted by Crippen LogP contribution is 2.53. The van der Waals surface area contributed by atoms with E-state index in [1.165, 1.54) is 4.90 Å². The van der Waals surface area contributed by atoms with Crippen LogP contribution in [0.3, 0.4) is 0 Å². The number of hydrogen-bond donors (Lipinski definition) is 2. The Morgan fingerprint density at radius 2 is 1.64 bits per heavy atom. The minimum Gasteiger partial charge on any atom is -0.454 e. The predicted octanol–water partition coefficient (Wildman–Crippen LogP) is 2.58. The summed E-state index contributed by atoms with van der Waals surface area (Å²) in [6.07, 6.45) is 0.524. The summed E-state index contributed by atoms with van der Waals surface area (Å²) in [6, 6.07) is 22.2. The molecule has 7 rings (SSSR count). The fraction of sp³-hybridized carbons (Fsp3) is 0.250. The highest BCUT2D eigenvalue weighted by Gasteiger charge is 2.70. The third-order valence-electron chi connectivity index (χ3n) is 7.79. The van der Waals surface area contributed by atoms with Crippen LogP contribution in [0.2, 0.25) is 0 Å². The molecule has 1 spiro atoms. The van der Waals surface area contributed by atoms with E-state index in [-0.39, 0.29) is 37.1 Å². The van der Waals surface area contributed by atoms with Crippen molar-refractivity contribution in [3.8, 4) is 11.5 Å². The third kappa shape index (κ3) is 2.88. The van der Waals surface area contributed by atoms with Gasteiger partial charge in [-0.2, -0.15) is 0 Å². The number of hydrogen-bond acceptors (Lipinski definition) is 6. The van der Waals surface area contributed by atoms with Crippen LogP contribution >= 0.6 is 0 Å². The number of amides is 3. The van der Waals surface area contributed by atoms with Gasteiger partial charge in [0.15, 0.2) is 11.5 Å². The highest BCUT2D eigenvalue weighted by atomic mass is 16.7. The SMILES string of the molecule is O=C1[C@@H]2[C@@H](C(=O)N1Cc1ccc3c(c1)OCO3)[C@]1(N[C@@H]2Cc2ccccc2)C(=O)Nc2ccccc21. The molecule has 0 aromatic heterocycles. The maximum atomic E-state index is 14.0. The van der Waals surface area contributed by atoms with Crippen LogP contribution < -0.4 is 20.1 Å². The number of likely N-dealkylation sites (tertiary alicyclic amines) is 1. The Bertz CT molecular complexity index is 1420. The minimum absolute atomic E-state index is 0.110. The van der Waals surface area contributed by atoms with E-state index < -0.39 is 17.4 Å². The Labute approximate surface area is 207 Å². The summed E-state index contributed by atoms with van der Waals surface area (Å²) < 4.78 is 10.9. The van der Waals surface area contributed by atoms with E-state index in [1.807, 2.05) is 60.7 Å². The van der Waals surface area contributed by atoms with Gasteiger partial charge < -0.3 is 14.8 Å². The number of benzene rings is 3. The molecule has 0 unspecified atom stereocenters. The molecule has 0 aliphatic carbocycles. The van der Waals surface area contributed by atoms with Crippen molar-refractivity contribution in [3.63, 3.8) is 0 Å². The molecule has 2 saturated heterocycles. The number of nitrogens with one attached hydrogen (secondary N) is 2. The lowest BCUT2D eigenvalue weighted by molar-refractivity contribution is -0.143. The zero-order valence-corrected chi connectivity index (χ0v) is 19.3. The Hall–Kier alpha value is -4.17. The standard InChI is InChI=1S/C28H23N3O5/c32-25-23-20(12-16-6-2-1-3-7-16)30-28(18-8-4-5-9-19(18)29-27(28)34)24(23)26(33)31(25)14-17-10-11-21-22(13-17)36-15-35-21/h1-11,13,20,23-24,30H,12,14-15H2,(H,29,34)/t20-,23+,24+,28+/m1/s1. The number of carbonyl (C=O) groups is 3. The average molecular weight is 482 g/mol. The first kappa shape index (κ1) is 21.1. The van der Waals surface area contributed by atoms with Gasteiger partial charge >= 0.3 is 0 Å². The predicted molar refractivity (Wildman–Crippen MR) is 129 cm³/mol. The molecule has 2 N–H and O–H groups in total. The molecule has 3 amide bonds. The van der Waals surface area contributed by atoms with Gasteiger partial charge in [0.05, 0.1) is 18.4 Å². The van der Waals surface area contributed by atoms with Crippen LogP contribution in [0.25, 0.3) is 0 Å². The first-order valence-corrected chi connectivity index (χ1v) is 12.0. The summed E-state index contributed by atoms with van der Waals surface area (Å²) >= 11 is 0. The second-order valence-electron chi connectivity index (χ2n) is 9.70. The Kier molecular flexibility index (Phi) is 4.50. The molecule has 36 heavy (non-hydrogen) atoms. The van der Waals surface area contributed by atoms with Crippen molar-refractivity contribution in [3.05, 3.63) is 89.5 Å². The number of para-hydroxylation sites is 1. The molecular formula is C28H23N3O5. The van der Waals surface area contributed by atoms with Gasteiger partial charge in [-0.05, 0) is 35.7 Å². The molecule has 0 bridgehead atoms. The van der Waals surface area contributed by atoms with Crippen molar-refractivity contribution in [2.45, 2.75) is 24.5 Å². The molecule has 0 saturated carbocycles. The summed E-state index contributed by atoms with van der Waals surface area (Å²) in [5, 5.41) is 6.43. The fourth-order valence-corrected chi connectivity index (χ4v) is 6.24. The lowest BCUT2D eigenvalue weighted by Crippen LogP contribution is -2.53. The van der Waals surface area contributed by atoms with E-state index in [2.05, 4.69) is 10.6 Å². The van der Waals surface area contributed by atoms with Crippen LogP contribution in [0.1, 0.15) is 16.7 Å². The summed E-state index contributed by atoms with van der Waals surface area (Å²) in [5.74, 6) is -1.15. The number of anilines is 1. The molecule has 3 aromatic carbocycles. The zero-order chi connectivity index (χ0) is 24.4. The molecule has 8 heteroatoms. The molecule has 180 valence electrons. The number of rotatable bonds is 4. The topological polar surface area (TPSA) is 97.0 Å². The van der Waals surface area contributed by atoms with Gasteiger partial charge in [0.2, 0.25) is 24.5 Å². The van der Waals surface area contributed by atoms with Crippen molar-refractivity contribution in [1.29, 1.82) is 0 Å². The molecule has 0 radical (unpaired) electrons. The summed E-state index contributed by atoms with van der Waals surface area (Å²) in [7, 11) is 0. The van der Waals surface area contributed by atoms with E-state index in [9.17, 15) is 14.4 Å². The van der Waals surface area contributed by atoms with Crippen molar-refractivity contribution in [2.24, 2.45) is 11.8 Å². The number of fused-ring (bicyclic) bond motifs is 5. The monoisotopic (exact) mass is 481 g/mol. The van der Waals surface area contributed by atoms with Crippen molar-refractivity contribution >= 4 is 23.4 Å². The summed E-state index contributed by atoms with van der Waals surface area (Å²) in [5.41, 5.74) is 1.89. The van der Waals surface area contributed by atoms with Crippen LogP contribution in [-0.2, 0) is 32.9 Å². The van der Waals surface area contributed by atoms with Gasteiger partial charge in [0.1, 0.15) is 5.54 Å². The van der Waals surface area contributed by atoms with E-state index in [1.54, 1.807) is 12.1 Å². The van der Waals surface area contributed by atoms with Gasteiger partial charge in [0, 0.05) is 17.3 Å². The normalized spacial score (nSPS) is 27.5. The van der Waals surface area contributed by atoms with Crippen molar-refractivity contribution < 1.29 is 23.9 Å².